The number of aromatic nitrogens is 2. The average Bonchev–Trinajstić information content (AvgIpc) is 2.77. The Balaban J connectivity index is 2.40. The van der Waals surface area contributed by atoms with Crippen LogP contribution in [-0.2, 0) is 13.6 Å². The molecule has 1 heterocycles. The molecule has 0 atom stereocenters. The van der Waals surface area contributed by atoms with Crippen LogP contribution >= 0.6 is 0 Å². The summed E-state index contributed by atoms with van der Waals surface area (Å²) in [6.45, 7) is 4.15. The maximum absolute atomic E-state index is 11.3. The van der Waals surface area contributed by atoms with Gasteiger partial charge in [-0.2, -0.15) is 5.10 Å². The van der Waals surface area contributed by atoms with E-state index in [4.69, 9.17) is 10.5 Å². The maximum Gasteiger partial charge on any atom is 0.354 e. The van der Waals surface area contributed by atoms with Gasteiger partial charge in [-0.25, -0.2) is 4.68 Å². The summed E-state index contributed by atoms with van der Waals surface area (Å²) in [6.07, 6.45) is 0. The van der Waals surface area contributed by atoms with Gasteiger partial charge in [-0.1, -0.05) is 26.0 Å². The monoisotopic (exact) mass is 290 g/mol. The van der Waals surface area contributed by atoms with E-state index in [1.807, 2.05) is 26.0 Å². The molecule has 0 bridgehead atoms. The van der Waals surface area contributed by atoms with Crippen LogP contribution in [0, 0.1) is 10.1 Å². The van der Waals surface area contributed by atoms with E-state index < -0.39 is 4.92 Å². The van der Waals surface area contributed by atoms with Crippen molar-refractivity contribution in [3.8, 4) is 11.6 Å². The second kappa shape index (κ2) is 5.92. The lowest BCUT2D eigenvalue weighted by atomic mass is 10.1. The summed E-state index contributed by atoms with van der Waals surface area (Å²) in [4.78, 5) is 10.9. The molecule has 1 aromatic heterocycles. The summed E-state index contributed by atoms with van der Waals surface area (Å²) in [6, 6.07) is 7.10. The fraction of sp³-hybridized carbons (Fsp3) is 0.357. The van der Waals surface area contributed by atoms with Crippen molar-refractivity contribution >= 4 is 5.69 Å². The molecule has 0 aliphatic heterocycles. The van der Waals surface area contributed by atoms with Crippen LogP contribution in [0.15, 0.2) is 24.3 Å². The van der Waals surface area contributed by atoms with E-state index in [1.54, 1.807) is 19.2 Å². The number of aryl methyl sites for hydroxylation is 1. The molecule has 2 aromatic rings. The van der Waals surface area contributed by atoms with Crippen LogP contribution < -0.4 is 10.5 Å². The maximum atomic E-state index is 11.3. The van der Waals surface area contributed by atoms with Crippen molar-refractivity contribution in [3.05, 3.63) is 45.6 Å². The van der Waals surface area contributed by atoms with Gasteiger partial charge in [-0.15, -0.1) is 0 Å². The van der Waals surface area contributed by atoms with Crippen LogP contribution in [0.1, 0.15) is 31.0 Å². The molecule has 2 rings (SSSR count). The first kappa shape index (κ1) is 15.0. The molecule has 0 radical (unpaired) electrons. The number of hydrogen-bond acceptors (Lipinski definition) is 5. The summed E-state index contributed by atoms with van der Waals surface area (Å²) in [5.74, 6) is 0.575. The largest absolute Gasteiger partial charge is 0.434 e. The van der Waals surface area contributed by atoms with Crippen LogP contribution in [0.5, 0.6) is 11.6 Å². The van der Waals surface area contributed by atoms with Gasteiger partial charge in [0.05, 0.1) is 4.92 Å². The molecule has 7 nitrogen and oxygen atoms in total. The van der Waals surface area contributed by atoms with Crippen molar-refractivity contribution in [2.75, 3.05) is 0 Å². The number of benzene rings is 1. The van der Waals surface area contributed by atoms with Crippen LogP contribution in [0.2, 0.25) is 0 Å². The Morgan fingerprint density at radius 3 is 2.48 bits per heavy atom. The number of hydrogen-bond donors (Lipinski definition) is 1. The fourth-order valence-electron chi connectivity index (χ4n) is 2.00. The highest BCUT2D eigenvalue weighted by Crippen LogP contribution is 2.37. The molecular formula is C14H18N4O3. The minimum atomic E-state index is -0.452. The molecule has 0 aliphatic rings. The van der Waals surface area contributed by atoms with Gasteiger partial charge >= 0.3 is 5.69 Å². The van der Waals surface area contributed by atoms with E-state index in [2.05, 4.69) is 5.10 Å². The molecule has 0 aliphatic carbocycles. The molecule has 7 heteroatoms. The lowest BCUT2D eigenvalue weighted by molar-refractivity contribution is -0.386. The summed E-state index contributed by atoms with van der Waals surface area (Å²) in [5.41, 5.74) is 6.82. The lowest BCUT2D eigenvalue weighted by Crippen LogP contribution is -1.99. The predicted octanol–water partition coefficient (Wildman–Crippen LogP) is 2.70. The van der Waals surface area contributed by atoms with Gasteiger partial charge in [0, 0.05) is 19.5 Å². The number of nitrogens with zero attached hydrogens (tertiary/aromatic N) is 3. The molecule has 0 fully saturated rings. The predicted molar refractivity (Wildman–Crippen MR) is 78.4 cm³/mol. The van der Waals surface area contributed by atoms with Crippen molar-refractivity contribution in [2.45, 2.75) is 26.3 Å². The van der Waals surface area contributed by atoms with E-state index in [0.29, 0.717) is 18.0 Å². The van der Waals surface area contributed by atoms with Crippen LogP contribution in [0.3, 0.4) is 0 Å². The third kappa shape index (κ3) is 3.03. The number of ether oxygens (including phenoxy) is 1. The van der Waals surface area contributed by atoms with Crippen LogP contribution in [-0.4, -0.2) is 14.7 Å². The Hall–Kier alpha value is -2.41. The van der Waals surface area contributed by atoms with E-state index in [1.165, 1.54) is 4.68 Å². The summed E-state index contributed by atoms with van der Waals surface area (Å²) >= 11 is 0. The Labute approximate surface area is 122 Å². The van der Waals surface area contributed by atoms with Crippen LogP contribution in [0.4, 0.5) is 5.69 Å². The molecule has 2 N–H and O–H groups in total. The Morgan fingerprint density at radius 2 is 2.00 bits per heavy atom. The normalized spacial score (nSPS) is 10.9. The van der Waals surface area contributed by atoms with E-state index in [0.717, 1.165) is 5.56 Å². The second-order valence-corrected chi connectivity index (χ2v) is 5.02. The van der Waals surface area contributed by atoms with Gasteiger partial charge in [0.2, 0.25) is 0 Å². The zero-order valence-electron chi connectivity index (χ0n) is 12.2. The third-order valence-electron chi connectivity index (χ3n) is 3.10. The summed E-state index contributed by atoms with van der Waals surface area (Å²) in [7, 11) is 1.63. The van der Waals surface area contributed by atoms with E-state index in [-0.39, 0.29) is 17.5 Å². The second-order valence-electron chi connectivity index (χ2n) is 5.02. The molecule has 112 valence electrons. The number of nitro groups is 1. The molecule has 0 amide bonds. The first-order valence-corrected chi connectivity index (χ1v) is 6.62. The van der Waals surface area contributed by atoms with Crippen LogP contribution in [0.25, 0.3) is 0 Å². The van der Waals surface area contributed by atoms with Crippen molar-refractivity contribution in [1.82, 2.24) is 9.78 Å². The average molecular weight is 290 g/mol. The van der Waals surface area contributed by atoms with Crippen molar-refractivity contribution in [1.29, 1.82) is 0 Å². The zero-order valence-corrected chi connectivity index (χ0v) is 12.2. The molecule has 0 spiro atoms. The van der Waals surface area contributed by atoms with Crippen molar-refractivity contribution < 1.29 is 9.66 Å². The van der Waals surface area contributed by atoms with Gasteiger partial charge in [0.15, 0.2) is 0 Å². The van der Waals surface area contributed by atoms with Gasteiger partial charge in [-0.05, 0) is 17.7 Å². The molecule has 0 saturated heterocycles. The first-order chi connectivity index (χ1) is 9.93. The molecule has 0 saturated carbocycles. The topological polar surface area (TPSA) is 96.2 Å². The molecule has 21 heavy (non-hydrogen) atoms. The van der Waals surface area contributed by atoms with Crippen molar-refractivity contribution in [2.24, 2.45) is 12.8 Å². The third-order valence-corrected chi connectivity index (χ3v) is 3.10. The zero-order chi connectivity index (χ0) is 15.6. The standard InChI is InChI=1S/C14H18N4O3/c1-9(2)12-13(18(19)20)14(17(3)16-12)21-11-6-4-10(8-15)5-7-11/h4-7,9H,8,15H2,1-3H3. The Kier molecular flexibility index (Phi) is 4.23. The fourth-order valence-corrected chi connectivity index (χ4v) is 2.00. The summed E-state index contributed by atoms with van der Waals surface area (Å²) in [5, 5.41) is 15.5. The number of rotatable bonds is 5. The Morgan fingerprint density at radius 1 is 1.38 bits per heavy atom. The van der Waals surface area contributed by atoms with E-state index in [9.17, 15) is 10.1 Å². The minimum absolute atomic E-state index is 0.0615. The molecule has 1 aromatic carbocycles. The minimum Gasteiger partial charge on any atom is -0.434 e. The highest BCUT2D eigenvalue weighted by atomic mass is 16.6. The summed E-state index contributed by atoms with van der Waals surface area (Å²) < 4.78 is 7.04. The molecular weight excluding hydrogens is 272 g/mol. The highest BCUT2D eigenvalue weighted by molar-refractivity contribution is 5.49. The molecule has 0 unspecified atom stereocenters. The lowest BCUT2D eigenvalue weighted by Gasteiger charge is -2.06. The quantitative estimate of drug-likeness (QED) is 0.674. The van der Waals surface area contributed by atoms with Gasteiger partial charge in [-0.3, -0.25) is 10.1 Å². The van der Waals surface area contributed by atoms with Gasteiger partial charge in [0.25, 0.3) is 5.88 Å². The highest BCUT2D eigenvalue weighted by Gasteiger charge is 2.30. The smallest absolute Gasteiger partial charge is 0.354 e. The van der Waals surface area contributed by atoms with Crippen molar-refractivity contribution in [3.63, 3.8) is 0 Å². The Bertz CT molecular complexity index is 647. The first-order valence-electron chi connectivity index (χ1n) is 6.62. The SMILES string of the molecule is CC(C)c1nn(C)c(Oc2ccc(CN)cc2)c1[N+](=O)[O-]. The van der Waals surface area contributed by atoms with Gasteiger partial charge < -0.3 is 10.5 Å². The number of nitrogens with two attached hydrogens (primary N) is 1. The van der Waals surface area contributed by atoms with E-state index >= 15 is 0 Å². The van der Waals surface area contributed by atoms with Gasteiger partial charge in [0.1, 0.15) is 11.4 Å².